The summed E-state index contributed by atoms with van der Waals surface area (Å²) >= 11 is 0. The van der Waals surface area contributed by atoms with E-state index in [1.54, 1.807) is 31.2 Å². The van der Waals surface area contributed by atoms with Crippen LogP contribution >= 0.6 is 0 Å². The number of Topliss-reactive ketones (excluding diaryl/α,β-unsaturated/α-hetero) is 1. The van der Waals surface area contributed by atoms with Crippen molar-refractivity contribution in [1.82, 2.24) is 16.0 Å². The van der Waals surface area contributed by atoms with Gasteiger partial charge in [0.2, 0.25) is 17.7 Å². The molecule has 4 atom stereocenters. The van der Waals surface area contributed by atoms with Crippen LogP contribution in [0, 0.1) is 29.6 Å². The molecule has 0 spiro atoms. The molecule has 8 nitrogen and oxygen atoms in total. The lowest BCUT2D eigenvalue weighted by molar-refractivity contribution is -0.137. The van der Waals surface area contributed by atoms with Crippen LogP contribution in [0.3, 0.4) is 0 Å². The zero-order chi connectivity index (χ0) is 27.1. The fourth-order valence-electron chi connectivity index (χ4n) is 5.17. The van der Waals surface area contributed by atoms with Crippen molar-refractivity contribution < 1.29 is 24.0 Å². The molecule has 2 fully saturated rings. The van der Waals surface area contributed by atoms with Crippen LogP contribution in [0.15, 0.2) is 60.7 Å². The van der Waals surface area contributed by atoms with Crippen molar-refractivity contribution in [2.24, 2.45) is 17.8 Å². The first-order valence-electron chi connectivity index (χ1n) is 12.9. The smallest absolute Gasteiger partial charge is 0.296 e. The molecule has 0 bridgehead atoms. The molecule has 2 aromatic carbocycles. The summed E-state index contributed by atoms with van der Waals surface area (Å²) in [6.07, 6.45) is 3.24. The number of imide groups is 1. The maximum Gasteiger partial charge on any atom is 0.296 e. The summed E-state index contributed by atoms with van der Waals surface area (Å²) in [5, 5.41) is 7.89. The third-order valence-electron chi connectivity index (χ3n) is 7.23. The molecule has 2 aromatic rings. The van der Waals surface area contributed by atoms with Crippen LogP contribution in [0.1, 0.15) is 56.2 Å². The van der Waals surface area contributed by atoms with E-state index < -0.39 is 53.3 Å². The molecule has 0 aromatic heterocycles. The summed E-state index contributed by atoms with van der Waals surface area (Å²) < 4.78 is 0. The Morgan fingerprint density at radius 1 is 0.921 bits per heavy atom. The molecule has 4 amide bonds. The van der Waals surface area contributed by atoms with Gasteiger partial charge in [-0.05, 0) is 36.5 Å². The van der Waals surface area contributed by atoms with Crippen LogP contribution in [0.2, 0.25) is 0 Å². The number of rotatable bonds is 8. The number of benzene rings is 2. The van der Waals surface area contributed by atoms with Crippen LogP contribution in [-0.4, -0.2) is 35.5 Å². The first-order valence-corrected chi connectivity index (χ1v) is 12.9. The van der Waals surface area contributed by atoms with Gasteiger partial charge in [0.25, 0.3) is 5.91 Å². The van der Waals surface area contributed by atoms with E-state index in [1.807, 2.05) is 36.4 Å². The first-order chi connectivity index (χ1) is 18.3. The maximum atomic E-state index is 13.5. The molecule has 1 saturated heterocycles. The first kappa shape index (κ1) is 26.8. The van der Waals surface area contributed by atoms with Gasteiger partial charge in [0.1, 0.15) is 5.92 Å². The summed E-state index contributed by atoms with van der Waals surface area (Å²) in [6.45, 7) is 1.55. The van der Waals surface area contributed by atoms with Crippen molar-refractivity contribution >= 4 is 29.4 Å². The molecule has 1 aliphatic heterocycles. The Morgan fingerprint density at radius 2 is 1.55 bits per heavy atom. The highest BCUT2D eigenvalue weighted by Crippen LogP contribution is 2.32. The second-order valence-electron chi connectivity index (χ2n) is 9.87. The molecule has 3 N–H and O–H groups in total. The van der Waals surface area contributed by atoms with Crippen molar-refractivity contribution in [1.29, 1.82) is 0 Å². The lowest BCUT2D eigenvalue weighted by atomic mass is 9.83. The molecule has 38 heavy (non-hydrogen) atoms. The van der Waals surface area contributed by atoms with Gasteiger partial charge in [-0.25, -0.2) is 0 Å². The molecular weight excluding hydrogens is 482 g/mol. The Balaban J connectivity index is 1.49. The van der Waals surface area contributed by atoms with Crippen molar-refractivity contribution in [2.45, 2.75) is 51.1 Å². The SMILES string of the molecule is C[C@@H]1C(=O)NC(=O)[C@H]1C(=O)[C@@H](NC(=O)C[C@H](NC(=O)C#Cc1ccccc1)c1ccccc1)C1CCCC1. The fraction of sp³-hybridized carbons (Fsp3) is 0.367. The minimum atomic E-state index is -1.12. The highest BCUT2D eigenvalue weighted by Gasteiger charge is 2.47. The zero-order valence-electron chi connectivity index (χ0n) is 21.2. The quantitative estimate of drug-likeness (QED) is 0.284. The predicted molar refractivity (Wildman–Crippen MR) is 140 cm³/mol. The number of hydrogen-bond acceptors (Lipinski definition) is 5. The van der Waals surface area contributed by atoms with E-state index in [0.29, 0.717) is 5.56 Å². The highest BCUT2D eigenvalue weighted by atomic mass is 16.2. The highest BCUT2D eigenvalue weighted by molar-refractivity contribution is 6.16. The van der Waals surface area contributed by atoms with E-state index in [-0.39, 0.29) is 12.3 Å². The summed E-state index contributed by atoms with van der Waals surface area (Å²) in [6, 6.07) is 16.6. The van der Waals surface area contributed by atoms with Crippen LogP contribution in [-0.2, 0) is 24.0 Å². The molecular formula is C30H31N3O5. The Bertz CT molecular complexity index is 1260. The summed E-state index contributed by atoms with van der Waals surface area (Å²) in [5.74, 6) is 0.871. The number of amides is 4. The van der Waals surface area contributed by atoms with Crippen molar-refractivity contribution in [2.75, 3.05) is 0 Å². The fourth-order valence-corrected chi connectivity index (χ4v) is 5.17. The molecule has 1 saturated carbocycles. The Morgan fingerprint density at radius 3 is 2.16 bits per heavy atom. The van der Waals surface area contributed by atoms with E-state index in [1.165, 1.54) is 0 Å². The maximum absolute atomic E-state index is 13.5. The van der Waals surface area contributed by atoms with Crippen molar-refractivity contribution in [3.05, 3.63) is 71.8 Å². The van der Waals surface area contributed by atoms with E-state index >= 15 is 0 Å². The van der Waals surface area contributed by atoms with Crippen molar-refractivity contribution in [3.63, 3.8) is 0 Å². The topological polar surface area (TPSA) is 121 Å². The van der Waals surface area contributed by atoms with Gasteiger partial charge >= 0.3 is 0 Å². The summed E-state index contributed by atoms with van der Waals surface area (Å²) in [7, 11) is 0. The second-order valence-corrected chi connectivity index (χ2v) is 9.87. The Hall–Kier alpha value is -4.25. The lowest BCUT2D eigenvalue weighted by Gasteiger charge is -2.27. The van der Waals surface area contributed by atoms with Gasteiger partial charge in [0.15, 0.2) is 5.78 Å². The monoisotopic (exact) mass is 513 g/mol. The van der Waals surface area contributed by atoms with Gasteiger partial charge in [-0.2, -0.15) is 0 Å². The number of hydrogen-bond donors (Lipinski definition) is 3. The minimum absolute atomic E-state index is 0.108. The van der Waals surface area contributed by atoms with Gasteiger partial charge in [-0.15, -0.1) is 0 Å². The minimum Gasteiger partial charge on any atom is -0.346 e. The number of ketones is 1. The molecule has 1 heterocycles. The van der Waals surface area contributed by atoms with Crippen LogP contribution in [0.4, 0.5) is 0 Å². The Labute approximate surface area is 222 Å². The average molecular weight is 514 g/mol. The summed E-state index contributed by atoms with van der Waals surface area (Å²) in [4.78, 5) is 63.8. The largest absolute Gasteiger partial charge is 0.346 e. The standard InChI is InChI=1S/C30H31N3O5/c1-19-26(30(38)33-29(19)37)28(36)27(22-14-8-9-15-22)32-25(35)18-23(21-12-6-3-7-13-21)31-24(34)17-16-20-10-4-2-5-11-20/h2-7,10-13,19,22-23,26-27H,8-9,14-15,18H2,1H3,(H,31,34)(H,32,35)(H,33,37,38)/t19-,23-,26+,27-/m0/s1. The normalized spacial score (nSPS) is 20.6. The van der Waals surface area contributed by atoms with Gasteiger partial charge in [0.05, 0.1) is 24.4 Å². The third kappa shape index (κ3) is 6.54. The van der Waals surface area contributed by atoms with Crippen LogP contribution in [0.5, 0.6) is 0 Å². The van der Waals surface area contributed by atoms with E-state index in [2.05, 4.69) is 27.8 Å². The summed E-state index contributed by atoms with van der Waals surface area (Å²) in [5.41, 5.74) is 1.41. The van der Waals surface area contributed by atoms with Crippen LogP contribution < -0.4 is 16.0 Å². The molecule has 0 unspecified atom stereocenters. The lowest BCUT2D eigenvalue weighted by Crippen LogP contribution is -2.50. The van der Waals surface area contributed by atoms with Crippen molar-refractivity contribution in [3.8, 4) is 11.8 Å². The Kier molecular flexibility index (Phi) is 8.70. The molecule has 1 aliphatic carbocycles. The van der Waals surface area contributed by atoms with Gasteiger partial charge in [0, 0.05) is 11.5 Å². The van der Waals surface area contributed by atoms with E-state index in [4.69, 9.17) is 0 Å². The molecule has 2 aliphatic rings. The van der Waals surface area contributed by atoms with E-state index in [9.17, 15) is 24.0 Å². The zero-order valence-corrected chi connectivity index (χ0v) is 21.2. The molecule has 0 radical (unpaired) electrons. The van der Waals surface area contributed by atoms with Crippen LogP contribution in [0.25, 0.3) is 0 Å². The van der Waals surface area contributed by atoms with E-state index in [0.717, 1.165) is 31.2 Å². The molecule has 196 valence electrons. The molecule has 8 heteroatoms. The van der Waals surface area contributed by atoms with Gasteiger partial charge < -0.3 is 10.6 Å². The number of carbonyl (C=O) groups excluding carboxylic acids is 5. The van der Waals surface area contributed by atoms with Gasteiger partial charge in [-0.3, -0.25) is 29.3 Å². The average Bonchev–Trinajstić information content (AvgIpc) is 3.54. The van der Waals surface area contributed by atoms with Gasteiger partial charge in [-0.1, -0.05) is 74.2 Å². The predicted octanol–water partition coefficient (Wildman–Crippen LogP) is 2.44. The second kappa shape index (κ2) is 12.3. The number of nitrogens with one attached hydrogen (secondary N) is 3. The third-order valence-corrected chi connectivity index (χ3v) is 7.23. The molecule has 4 rings (SSSR count). The number of carbonyl (C=O) groups is 5.